The molecule has 3 fully saturated rings. The summed E-state index contributed by atoms with van der Waals surface area (Å²) in [6.07, 6.45) is -7.13. The number of aliphatic hydroxyl groups is 3. The molecule has 4 rings (SSSR count). The molecule has 310 valence electrons. The molecule has 0 aromatic heterocycles. The topological polar surface area (TPSA) is 208 Å². The monoisotopic (exact) mass is 779 g/mol. The van der Waals surface area contributed by atoms with Crippen LogP contribution in [0.1, 0.15) is 86.6 Å². The maximum absolute atomic E-state index is 14.1. The van der Waals surface area contributed by atoms with Gasteiger partial charge >= 0.3 is 18.0 Å². The Kier molecular flexibility index (Phi) is 14.3. The molecule has 0 saturated carbocycles. The lowest BCUT2D eigenvalue weighted by Crippen LogP contribution is -2.59. The zero-order valence-corrected chi connectivity index (χ0v) is 33.7. The van der Waals surface area contributed by atoms with Crippen LogP contribution in [-0.2, 0) is 39.7 Å². The van der Waals surface area contributed by atoms with Crippen molar-refractivity contribution in [3.63, 3.8) is 0 Å². The first kappa shape index (κ1) is 44.3. The number of benzene rings is 1. The van der Waals surface area contributed by atoms with E-state index in [9.17, 15) is 39.8 Å². The predicted octanol–water partition coefficient (Wildman–Crippen LogP) is 3.60. The van der Waals surface area contributed by atoms with Crippen LogP contribution in [0.3, 0.4) is 0 Å². The van der Waals surface area contributed by atoms with Gasteiger partial charge < -0.3 is 48.8 Å². The van der Waals surface area contributed by atoms with E-state index < -0.39 is 88.8 Å². The average molecular weight is 780 g/mol. The largest absolute Gasteiger partial charge is 0.461 e. The van der Waals surface area contributed by atoms with Gasteiger partial charge in [0.05, 0.1) is 34.7 Å². The Bertz CT molecular complexity index is 1500. The molecule has 0 aliphatic carbocycles. The van der Waals surface area contributed by atoms with E-state index in [4.69, 9.17) is 23.7 Å². The first-order valence-corrected chi connectivity index (χ1v) is 19.3. The Morgan fingerprint density at radius 3 is 2.29 bits per heavy atom. The molecule has 0 radical (unpaired) electrons. The third kappa shape index (κ3) is 10.1. The normalized spacial score (nSPS) is 39.1. The highest BCUT2D eigenvalue weighted by Gasteiger charge is 2.55. The van der Waals surface area contributed by atoms with Gasteiger partial charge in [0, 0.05) is 37.1 Å². The van der Waals surface area contributed by atoms with E-state index in [-0.39, 0.29) is 56.0 Å². The van der Waals surface area contributed by atoms with E-state index in [1.54, 1.807) is 39.8 Å². The zero-order valence-electron chi connectivity index (χ0n) is 33.7. The van der Waals surface area contributed by atoms with Crippen molar-refractivity contribution in [1.29, 1.82) is 0 Å². The van der Waals surface area contributed by atoms with Crippen molar-refractivity contribution in [2.75, 3.05) is 20.6 Å². The first-order valence-electron chi connectivity index (χ1n) is 19.3. The highest BCUT2D eigenvalue weighted by molar-refractivity contribution is 5.75. The molecule has 1 aromatic rings. The van der Waals surface area contributed by atoms with Crippen molar-refractivity contribution < 1.29 is 58.3 Å². The molecule has 3 heterocycles. The number of non-ortho nitro benzene ring substituents is 1. The van der Waals surface area contributed by atoms with Crippen molar-refractivity contribution in [2.45, 2.75) is 154 Å². The van der Waals surface area contributed by atoms with Gasteiger partial charge in [-0.1, -0.05) is 32.9 Å². The molecule has 55 heavy (non-hydrogen) atoms. The molecule has 0 spiro atoms. The quantitative estimate of drug-likeness (QED) is 0.142. The number of ether oxygens (including phenoxy) is 5. The number of hydrogen-bond acceptors (Lipinski definition) is 14. The van der Waals surface area contributed by atoms with Crippen LogP contribution in [0, 0.1) is 27.9 Å². The fourth-order valence-electron chi connectivity index (χ4n) is 8.57. The van der Waals surface area contributed by atoms with Gasteiger partial charge in [-0.2, -0.15) is 0 Å². The smallest absolute Gasteiger partial charge is 0.410 e. The second-order valence-electron chi connectivity index (χ2n) is 16.6. The molecule has 3 saturated heterocycles. The van der Waals surface area contributed by atoms with E-state index in [0.717, 1.165) is 0 Å². The number of nitro benzene ring substituents is 1. The van der Waals surface area contributed by atoms with Gasteiger partial charge in [0.25, 0.3) is 5.69 Å². The number of aliphatic hydroxyl groups excluding tert-OH is 1. The van der Waals surface area contributed by atoms with E-state index in [0.29, 0.717) is 12.0 Å². The minimum atomic E-state index is -1.80. The maximum atomic E-state index is 14.1. The lowest BCUT2D eigenvalue weighted by molar-refractivity contribution is -0.384. The fourth-order valence-corrected chi connectivity index (χ4v) is 8.57. The molecule has 16 nitrogen and oxygen atoms in total. The molecular formula is C39H61N3O13. The summed E-state index contributed by atoms with van der Waals surface area (Å²) in [6, 6.07) is 4.84. The molecule has 2 bridgehead atoms. The number of nitro groups is 1. The second-order valence-corrected chi connectivity index (χ2v) is 16.6. The van der Waals surface area contributed by atoms with E-state index in [1.807, 2.05) is 32.8 Å². The molecular weight excluding hydrogens is 718 g/mol. The summed E-state index contributed by atoms with van der Waals surface area (Å²) in [5, 5.41) is 46.9. The summed E-state index contributed by atoms with van der Waals surface area (Å²) in [7, 11) is 3.67. The van der Waals surface area contributed by atoms with Crippen LogP contribution in [0.5, 0.6) is 0 Å². The van der Waals surface area contributed by atoms with Crippen LogP contribution >= 0.6 is 0 Å². The lowest BCUT2D eigenvalue weighted by atomic mass is 9.77. The number of fused-ring (bicyclic) bond motifs is 2. The lowest BCUT2D eigenvalue weighted by Gasteiger charge is -2.47. The fraction of sp³-hybridized carbons (Fsp3) is 0.769. The molecule has 14 atom stereocenters. The third-order valence-corrected chi connectivity index (χ3v) is 11.6. The SMILES string of the molecule is CC[C@H]1OC(=O)[C@H](C)[C@H](OC(=O)CCc2ccc([N+](=O)[O-])cc2)[C@H](C)[C@@H](O[C@@H]2O[C@H](C)C[C@H](N(C)C)[C@H]2O)C(C)(O)C[C@@H](C)CN2C(=O)O[C@H]([C@H]2C)[C@]1(C)O. The van der Waals surface area contributed by atoms with Gasteiger partial charge in [0.15, 0.2) is 12.4 Å². The Morgan fingerprint density at radius 1 is 1.07 bits per heavy atom. The summed E-state index contributed by atoms with van der Waals surface area (Å²) in [6.45, 7) is 13.6. The average Bonchev–Trinajstić information content (AvgIpc) is 3.39. The Morgan fingerprint density at radius 2 is 1.71 bits per heavy atom. The number of carbonyl (C=O) groups is 3. The Hall–Kier alpha value is -3.41. The summed E-state index contributed by atoms with van der Waals surface area (Å²) in [5.74, 6) is -3.94. The van der Waals surface area contributed by atoms with Crippen molar-refractivity contribution in [1.82, 2.24) is 9.80 Å². The number of nitrogens with zero attached hydrogens (tertiary/aromatic N) is 3. The van der Waals surface area contributed by atoms with Crippen LogP contribution in [0.15, 0.2) is 24.3 Å². The van der Waals surface area contributed by atoms with Gasteiger partial charge in [-0.3, -0.25) is 19.7 Å². The third-order valence-electron chi connectivity index (χ3n) is 11.6. The number of hydrogen-bond donors (Lipinski definition) is 3. The van der Waals surface area contributed by atoms with Crippen LogP contribution in [-0.4, -0.2) is 135 Å². The van der Waals surface area contributed by atoms with Crippen LogP contribution in [0.4, 0.5) is 10.5 Å². The molecule has 3 N–H and O–H groups in total. The standard InChI is InChI=1S/C39H61N3O13/c1-11-29-39(8,48)34-25(6)41(37(46)55-34)20-21(2)19-38(7,47)33(54-36-31(44)28(40(9)10)18-22(3)51-36)23(4)32(24(5)35(45)52-29)53-30(43)17-14-26-12-15-27(16-13-26)42(49)50/h12-13,15-16,21-25,28-29,31-34,36,44,47-48H,11,14,17-20H2,1-10H3/t21-,22-,23+,24-,25-,28+,29-,31-,32-,33-,34-,36+,38?,39-/m1/s1. The minimum absolute atomic E-state index is 0.0618. The highest BCUT2D eigenvalue weighted by atomic mass is 16.7. The number of aryl methyl sites for hydroxylation is 1. The van der Waals surface area contributed by atoms with E-state index in [1.165, 1.54) is 30.9 Å². The number of likely N-dealkylation sites (N-methyl/N-ethyl adjacent to an activating group) is 1. The highest BCUT2D eigenvalue weighted by Crippen LogP contribution is 2.39. The van der Waals surface area contributed by atoms with Crippen molar-refractivity contribution in [3.8, 4) is 0 Å². The predicted molar refractivity (Wildman–Crippen MR) is 199 cm³/mol. The van der Waals surface area contributed by atoms with Crippen molar-refractivity contribution in [2.24, 2.45) is 17.8 Å². The summed E-state index contributed by atoms with van der Waals surface area (Å²) in [5.41, 5.74) is -2.95. The number of amides is 1. The summed E-state index contributed by atoms with van der Waals surface area (Å²) in [4.78, 5) is 54.9. The van der Waals surface area contributed by atoms with Gasteiger partial charge in [0.1, 0.15) is 23.9 Å². The van der Waals surface area contributed by atoms with Crippen LogP contribution in [0.2, 0.25) is 0 Å². The van der Waals surface area contributed by atoms with Crippen molar-refractivity contribution in [3.05, 3.63) is 39.9 Å². The summed E-state index contributed by atoms with van der Waals surface area (Å²) < 4.78 is 30.5. The molecule has 1 aromatic carbocycles. The minimum Gasteiger partial charge on any atom is -0.461 e. The van der Waals surface area contributed by atoms with E-state index in [2.05, 4.69) is 0 Å². The molecule has 3 aliphatic rings. The maximum Gasteiger partial charge on any atom is 0.410 e. The van der Waals surface area contributed by atoms with Gasteiger partial charge in [-0.25, -0.2) is 4.79 Å². The summed E-state index contributed by atoms with van der Waals surface area (Å²) >= 11 is 0. The molecule has 1 unspecified atom stereocenters. The van der Waals surface area contributed by atoms with Gasteiger partial charge in [0.2, 0.25) is 0 Å². The molecule has 3 aliphatic heterocycles. The Balaban J connectivity index is 1.75. The first-order chi connectivity index (χ1) is 25.6. The number of rotatable bonds is 9. The number of carbonyl (C=O) groups excluding carboxylic acids is 3. The van der Waals surface area contributed by atoms with Crippen LogP contribution < -0.4 is 0 Å². The number of esters is 2. The van der Waals surface area contributed by atoms with E-state index >= 15 is 0 Å². The molecule has 16 heteroatoms. The molecule has 1 amide bonds. The van der Waals surface area contributed by atoms with Crippen molar-refractivity contribution >= 4 is 23.7 Å². The van der Waals surface area contributed by atoms with Gasteiger partial charge in [-0.15, -0.1) is 0 Å². The second kappa shape index (κ2) is 17.8. The van der Waals surface area contributed by atoms with Crippen LogP contribution in [0.25, 0.3) is 0 Å². The van der Waals surface area contributed by atoms with Gasteiger partial charge in [-0.05, 0) is 85.9 Å². The Labute approximate surface area is 323 Å². The zero-order chi connectivity index (χ0) is 41.2. The number of cyclic esters (lactones) is 1.